The molecule has 9 heteroatoms. The van der Waals surface area contributed by atoms with E-state index in [0.29, 0.717) is 5.56 Å². The lowest BCUT2D eigenvalue weighted by molar-refractivity contribution is -0.162. The van der Waals surface area contributed by atoms with Gasteiger partial charge in [0.2, 0.25) is 0 Å². The maximum absolute atomic E-state index is 12.7. The number of benzene rings is 1. The number of carbonyl (C=O) groups is 2. The second-order valence-corrected chi connectivity index (χ2v) is 9.24. The van der Waals surface area contributed by atoms with Crippen molar-refractivity contribution in [2.75, 3.05) is 6.54 Å². The number of piperidine rings is 1. The van der Waals surface area contributed by atoms with Crippen LogP contribution in [-0.4, -0.2) is 55.8 Å². The molecule has 1 fully saturated rings. The van der Waals surface area contributed by atoms with E-state index in [9.17, 15) is 18.0 Å². The number of ether oxygens (including phenoxy) is 1. The van der Waals surface area contributed by atoms with Crippen molar-refractivity contribution in [3.63, 3.8) is 0 Å². The van der Waals surface area contributed by atoms with Crippen molar-refractivity contribution < 1.29 is 22.7 Å². The third-order valence-electron chi connectivity index (χ3n) is 5.35. The molecule has 2 aliphatic rings. The quantitative estimate of drug-likeness (QED) is 0.731. The van der Waals surface area contributed by atoms with E-state index in [-0.39, 0.29) is 41.7 Å². The van der Waals surface area contributed by atoms with Crippen LogP contribution >= 0.6 is 0 Å². The largest absolute Gasteiger partial charge is 0.452 e. The number of amidine groups is 1. The predicted molar refractivity (Wildman–Crippen MR) is 108 cm³/mol. The first-order valence-corrected chi connectivity index (χ1v) is 11.4. The van der Waals surface area contributed by atoms with Crippen molar-refractivity contribution in [2.45, 2.75) is 69.5 Å². The molecule has 1 saturated heterocycles. The van der Waals surface area contributed by atoms with E-state index in [1.807, 2.05) is 18.7 Å². The van der Waals surface area contributed by atoms with E-state index in [1.165, 1.54) is 6.07 Å². The Hall–Kier alpha value is -2.42. The number of rotatable bonds is 5. The minimum Gasteiger partial charge on any atom is -0.452 e. The van der Waals surface area contributed by atoms with Crippen molar-refractivity contribution in [1.82, 2.24) is 9.62 Å². The minimum absolute atomic E-state index is 0.0455. The molecular weight excluding hydrogens is 394 g/mol. The van der Waals surface area contributed by atoms with Gasteiger partial charge in [0, 0.05) is 17.6 Å². The van der Waals surface area contributed by atoms with Crippen molar-refractivity contribution in [1.29, 1.82) is 0 Å². The molecule has 8 nitrogen and oxygen atoms in total. The number of carbonyl (C=O) groups excluding carboxylic acids is 2. The summed E-state index contributed by atoms with van der Waals surface area (Å²) >= 11 is 0. The van der Waals surface area contributed by atoms with Crippen molar-refractivity contribution in [3.05, 3.63) is 29.8 Å². The fraction of sp³-hybridized carbons (Fsp3) is 0.550. The zero-order chi connectivity index (χ0) is 21.2. The number of nitrogens with one attached hydrogen (secondary N) is 1. The van der Waals surface area contributed by atoms with E-state index in [0.717, 1.165) is 19.3 Å². The number of hydrogen-bond acceptors (Lipinski definition) is 6. The Balaban J connectivity index is 1.55. The summed E-state index contributed by atoms with van der Waals surface area (Å²) < 4.78 is 31.8. The average molecular weight is 422 g/mol. The molecule has 1 aromatic carbocycles. The first kappa shape index (κ1) is 21.3. The summed E-state index contributed by atoms with van der Waals surface area (Å²) in [5, 5.41) is 0. The highest BCUT2D eigenvalue weighted by molar-refractivity contribution is 7.90. The fourth-order valence-electron chi connectivity index (χ4n) is 3.88. The van der Waals surface area contributed by atoms with E-state index < -0.39 is 22.1 Å². The Morgan fingerprint density at radius 1 is 1.24 bits per heavy atom. The maximum Gasteiger partial charge on any atom is 0.308 e. The number of esters is 1. The number of sulfonamides is 1. The molecule has 29 heavy (non-hydrogen) atoms. The van der Waals surface area contributed by atoms with Crippen LogP contribution in [0.4, 0.5) is 0 Å². The van der Waals surface area contributed by atoms with Gasteiger partial charge in [-0.15, -0.1) is 0 Å². The minimum atomic E-state index is -3.61. The van der Waals surface area contributed by atoms with Gasteiger partial charge in [0.05, 0.1) is 17.9 Å². The monoisotopic (exact) mass is 421 g/mol. The van der Waals surface area contributed by atoms with Gasteiger partial charge in [-0.25, -0.2) is 8.42 Å². The fourth-order valence-corrected chi connectivity index (χ4v) is 5.13. The molecule has 3 rings (SSSR count). The first-order valence-electron chi connectivity index (χ1n) is 9.89. The number of fused-ring (bicyclic) bond motifs is 1. The molecule has 1 aromatic rings. The number of amides is 1. The van der Waals surface area contributed by atoms with Crippen LogP contribution in [0, 0.1) is 0 Å². The smallest absolute Gasteiger partial charge is 0.308 e. The normalized spacial score (nSPS) is 25.2. The van der Waals surface area contributed by atoms with Crippen LogP contribution in [0.3, 0.4) is 0 Å². The van der Waals surface area contributed by atoms with Gasteiger partial charge in [0.15, 0.2) is 6.10 Å². The van der Waals surface area contributed by atoms with Gasteiger partial charge in [-0.2, -0.15) is 0 Å². The third kappa shape index (κ3) is 4.60. The Kier molecular flexibility index (Phi) is 6.26. The van der Waals surface area contributed by atoms with Crippen LogP contribution < -0.4 is 4.72 Å². The molecule has 2 heterocycles. The Morgan fingerprint density at radius 2 is 1.90 bits per heavy atom. The summed E-state index contributed by atoms with van der Waals surface area (Å²) in [7, 11) is -3.61. The topological polar surface area (TPSA) is 105 Å². The van der Waals surface area contributed by atoms with Crippen LogP contribution in [0.1, 0.15) is 52.0 Å². The van der Waals surface area contributed by atoms with Crippen LogP contribution in [0.2, 0.25) is 0 Å². The first-order chi connectivity index (χ1) is 13.7. The van der Waals surface area contributed by atoms with Gasteiger partial charge in [-0.05, 0) is 52.2 Å². The number of aliphatic imine (C=N–C) groups is 1. The molecule has 1 N–H and O–H groups in total. The molecule has 0 saturated carbocycles. The predicted octanol–water partition coefficient (Wildman–Crippen LogP) is 1.84. The highest BCUT2D eigenvalue weighted by Gasteiger charge is 2.33. The van der Waals surface area contributed by atoms with Gasteiger partial charge in [0.25, 0.3) is 15.9 Å². The second-order valence-electron chi connectivity index (χ2n) is 7.59. The molecular formula is C20H27N3O5S. The van der Waals surface area contributed by atoms with E-state index in [4.69, 9.17) is 4.74 Å². The molecule has 0 radical (unpaired) electrons. The lowest BCUT2D eigenvalue weighted by atomic mass is 9.97. The molecule has 0 unspecified atom stereocenters. The van der Waals surface area contributed by atoms with Crippen molar-refractivity contribution in [3.8, 4) is 0 Å². The summed E-state index contributed by atoms with van der Waals surface area (Å²) in [6, 6.07) is 6.79. The van der Waals surface area contributed by atoms with Crippen LogP contribution in [0.5, 0.6) is 0 Å². The lowest BCUT2D eigenvalue weighted by Crippen LogP contribution is -2.51. The van der Waals surface area contributed by atoms with Gasteiger partial charge in [-0.3, -0.25) is 19.3 Å². The maximum atomic E-state index is 12.7. The van der Waals surface area contributed by atoms with Gasteiger partial charge in [0.1, 0.15) is 5.84 Å². The van der Waals surface area contributed by atoms with Gasteiger partial charge in [-0.1, -0.05) is 12.1 Å². The Bertz CT molecular complexity index is 918. The van der Waals surface area contributed by atoms with Gasteiger partial charge >= 0.3 is 5.97 Å². The highest BCUT2D eigenvalue weighted by Crippen LogP contribution is 2.24. The second kappa shape index (κ2) is 8.52. The summed E-state index contributed by atoms with van der Waals surface area (Å²) in [4.78, 5) is 31.0. The summed E-state index contributed by atoms with van der Waals surface area (Å²) in [5.41, 5.74) is 0.484. The molecule has 1 amide bonds. The molecule has 3 atom stereocenters. The third-order valence-corrected chi connectivity index (χ3v) is 6.75. The van der Waals surface area contributed by atoms with Crippen molar-refractivity contribution >= 4 is 27.7 Å². The molecule has 0 aromatic heterocycles. The molecule has 0 spiro atoms. The molecule has 158 valence electrons. The highest BCUT2D eigenvalue weighted by atomic mass is 32.2. The summed E-state index contributed by atoms with van der Waals surface area (Å²) in [6.07, 6.45) is 2.09. The van der Waals surface area contributed by atoms with Crippen molar-refractivity contribution in [2.24, 2.45) is 4.99 Å². The molecule has 0 bridgehead atoms. The number of nitrogens with zero attached hydrogens (tertiary/aromatic N) is 2. The average Bonchev–Trinajstić information content (AvgIpc) is 2.92. The summed E-state index contributed by atoms with van der Waals surface area (Å²) in [5.74, 6) is -0.503. The van der Waals surface area contributed by atoms with Crippen LogP contribution in [0.15, 0.2) is 34.2 Å². The molecule has 2 aliphatic heterocycles. The zero-order valence-corrected chi connectivity index (χ0v) is 17.7. The van der Waals surface area contributed by atoms with Crippen LogP contribution in [0.25, 0.3) is 0 Å². The van der Waals surface area contributed by atoms with E-state index in [1.54, 1.807) is 25.1 Å². The van der Waals surface area contributed by atoms with Gasteiger partial charge < -0.3 is 9.64 Å². The number of likely N-dealkylation sites (tertiary alicyclic amines) is 1. The van der Waals surface area contributed by atoms with E-state index in [2.05, 4.69) is 9.71 Å². The number of hydrogen-bond donors (Lipinski definition) is 1. The summed E-state index contributed by atoms with van der Waals surface area (Å²) in [6.45, 7) is 5.67. The Morgan fingerprint density at radius 3 is 2.59 bits per heavy atom. The zero-order valence-electron chi connectivity index (χ0n) is 16.9. The lowest BCUT2D eigenvalue weighted by Gasteiger charge is -2.40. The van der Waals surface area contributed by atoms with Crippen LogP contribution in [-0.2, 0) is 24.3 Å². The SMILES string of the molecule is C[C@@H](OC(=O)CCN=C1NS(=O)(=O)c2ccccc21)C(=O)N1[C@@H](C)CCC[C@@H]1C. The van der Waals surface area contributed by atoms with E-state index >= 15 is 0 Å². The Labute approximate surface area is 171 Å². The standard InChI is InChI=1S/C20H27N3O5S/c1-13-7-6-8-14(2)23(13)20(25)15(3)28-18(24)11-12-21-19-16-9-4-5-10-17(16)29(26,27)22-19/h4-5,9-10,13-15H,6-8,11-12H2,1-3H3,(H,21,22)/t13-,14-,15+/m0/s1. The molecule has 0 aliphatic carbocycles.